The maximum atomic E-state index is 6.58. The molecule has 1 aromatic carbocycles. The molecule has 1 heterocycles. The van der Waals surface area contributed by atoms with Crippen LogP contribution in [-0.2, 0) is 12.8 Å². The van der Waals surface area contributed by atoms with Crippen LogP contribution < -0.4 is 0 Å². The molecule has 0 aliphatic rings. The van der Waals surface area contributed by atoms with Crippen molar-refractivity contribution >= 4 is 22.6 Å². The molecule has 0 spiro atoms. The highest BCUT2D eigenvalue weighted by Crippen LogP contribution is 2.31. The number of aromatic nitrogens is 2. The minimum atomic E-state index is 0.580. The maximum absolute atomic E-state index is 6.58. The molecule has 0 aliphatic carbocycles. The van der Waals surface area contributed by atoms with Crippen LogP contribution in [0.1, 0.15) is 38.8 Å². The SMILES string of the molecule is CC(C)Cc1cc2[nH]cnc2c(CC(C)C)c1Cl. The zero-order valence-electron chi connectivity index (χ0n) is 11.5. The molecule has 2 aromatic rings. The zero-order valence-corrected chi connectivity index (χ0v) is 12.3. The number of hydrogen-bond acceptors (Lipinski definition) is 1. The Balaban J connectivity index is 2.56. The van der Waals surface area contributed by atoms with Gasteiger partial charge in [0, 0.05) is 5.02 Å². The van der Waals surface area contributed by atoms with E-state index in [0.717, 1.165) is 28.9 Å². The predicted molar refractivity (Wildman–Crippen MR) is 78.2 cm³/mol. The summed E-state index contributed by atoms with van der Waals surface area (Å²) in [6, 6.07) is 2.15. The average molecular weight is 265 g/mol. The fourth-order valence-corrected chi connectivity index (χ4v) is 2.67. The highest BCUT2D eigenvalue weighted by molar-refractivity contribution is 6.33. The molecule has 0 atom stereocenters. The Morgan fingerprint density at radius 2 is 1.83 bits per heavy atom. The van der Waals surface area contributed by atoms with Gasteiger partial charge in [0.1, 0.15) is 0 Å². The van der Waals surface area contributed by atoms with Gasteiger partial charge in [-0.2, -0.15) is 0 Å². The number of halogens is 1. The van der Waals surface area contributed by atoms with Gasteiger partial charge in [0.15, 0.2) is 0 Å². The topological polar surface area (TPSA) is 28.7 Å². The van der Waals surface area contributed by atoms with Crippen molar-refractivity contribution in [1.29, 1.82) is 0 Å². The molecule has 0 unspecified atom stereocenters. The lowest BCUT2D eigenvalue weighted by Crippen LogP contribution is -2.02. The third-order valence-corrected chi connectivity index (χ3v) is 3.53. The normalized spacial score (nSPS) is 11.9. The van der Waals surface area contributed by atoms with Crippen molar-refractivity contribution in [1.82, 2.24) is 9.97 Å². The standard InChI is InChI=1S/C15H21ClN2/c1-9(2)5-11-7-13-15(18-8-17-13)12(14(11)16)6-10(3)4/h7-10H,5-6H2,1-4H3,(H,17,18). The molecule has 0 radical (unpaired) electrons. The van der Waals surface area contributed by atoms with Gasteiger partial charge in [-0.15, -0.1) is 0 Å². The number of H-pyrrole nitrogens is 1. The second kappa shape index (κ2) is 5.31. The van der Waals surface area contributed by atoms with E-state index in [-0.39, 0.29) is 0 Å². The Hall–Kier alpha value is -1.02. The predicted octanol–water partition coefficient (Wildman–Crippen LogP) is 4.61. The van der Waals surface area contributed by atoms with E-state index in [2.05, 4.69) is 43.7 Å². The summed E-state index contributed by atoms with van der Waals surface area (Å²) in [4.78, 5) is 7.62. The summed E-state index contributed by atoms with van der Waals surface area (Å²) in [5.41, 5.74) is 4.56. The van der Waals surface area contributed by atoms with Gasteiger partial charge in [0.25, 0.3) is 0 Å². The van der Waals surface area contributed by atoms with Crippen LogP contribution in [0.4, 0.5) is 0 Å². The third kappa shape index (κ3) is 2.69. The number of rotatable bonds is 4. The molecule has 1 aromatic heterocycles. The van der Waals surface area contributed by atoms with Gasteiger partial charge in [-0.05, 0) is 41.9 Å². The molecule has 0 amide bonds. The summed E-state index contributed by atoms with van der Waals surface area (Å²) in [5, 5.41) is 0.914. The first-order valence-electron chi connectivity index (χ1n) is 6.62. The molecule has 18 heavy (non-hydrogen) atoms. The lowest BCUT2D eigenvalue weighted by atomic mass is 9.95. The van der Waals surface area contributed by atoms with Crippen molar-refractivity contribution < 1.29 is 0 Å². The molecular weight excluding hydrogens is 244 g/mol. The van der Waals surface area contributed by atoms with Crippen molar-refractivity contribution in [3.8, 4) is 0 Å². The van der Waals surface area contributed by atoms with Crippen LogP contribution in [0.2, 0.25) is 5.02 Å². The van der Waals surface area contributed by atoms with Crippen LogP contribution in [0.5, 0.6) is 0 Å². The van der Waals surface area contributed by atoms with Gasteiger partial charge >= 0.3 is 0 Å². The van der Waals surface area contributed by atoms with E-state index in [0.29, 0.717) is 11.8 Å². The second-order valence-corrected chi connectivity index (χ2v) is 6.20. The van der Waals surface area contributed by atoms with Gasteiger partial charge in [-0.1, -0.05) is 39.3 Å². The number of hydrogen-bond donors (Lipinski definition) is 1. The number of nitrogens with one attached hydrogen (secondary N) is 1. The van der Waals surface area contributed by atoms with E-state index in [4.69, 9.17) is 11.6 Å². The Kier molecular flexibility index (Phi) is 3.96. The first kappa shape index (κ1) is 13.4. The molecule has 3 heteroatoms. The Morgan fingerprint density at radius 1 is 1.17 bits per heavy atom. The molecule has 0 saturated heterocycles. The second-order valence-electron chi connectivity index (χ2n) is 5.82. The maximum Gasteiger partial charge on any atom is 0.0932 e. The van der Waals surface area contributed by atoms with Gasteiger partial charge < -0.3 is 4.98 Å². The first-order valence-corrected chi connectivity index (χ1v) is 7.00. The molecule has 0 fully saturated rings. The average Bonchev–Trinajstić information content (AvgIpc) is 2.70. The summed E-state index contributed by atoms with van der Waals surface area (Å²) >= 11 is 6.58. The fraction of sp³-hybridized carbons (Fsp3) is 0.533. The van der Waals surface area contributed by atoms with Crippen molar-refractivity contribution in [2.45, 2.75) is 40.5 Å². The number of nitrogens with zero attached hydrogens (tertiary/aromatic N) is 1. The van der Waals surface area contributed by atoms with Crippen molar-refractivity contribution in [2.24, 2.45) is 11.8 Å². The van der Waals surface area contributed by atoms with Gasteiger partial charge in [-0.25, -0.2) is 4.98 Å². The minimum Gasteiger partial charge on any atom is -0.345 e. The van der Waals surface area contributed by atoms with Crippen LogP contribution in [-0.4, -0.2) is 9.97 Å². The van der Waals surface area contributed by atoms with Gasteiger partial charge in [0.05, 0.1) is 17.4 Å². The van der Waals surface area contributed by atoms with Crippen molar-refractivity contribution in [3.63, 3.8) is 0 Å². The summed E-state index contributed by atoms with van der Waals surface area (Å²) in [6.45, 7) is 8.86. The number of imidazole rings is 1. The third-order valence-electron chi connectivity index (χ3n) is 3.06. The van der Waals surface area contributed by atoms with E-state index in [1.54, 1.807) is 6.33 Å². The lowest BCUT2D eigenvalue weighted by molar-refractivity contribution is 0.638. The van der Waals surface area contributed by atoms with Crippen LogP contribution in [0, 0.1) is 11.8 Å². The van der Waals surface area contributed by atoms with E-state index >= 15 is 0 Å². The molecule has 0 saturated carbocycles. The lowest BCUT2D eigenvalue weighted by Gasteiger charge is -2.14. The monoisotopic (exact) mass is 264 g/mol. The minimum absolute atomic E-state index is 0.580. The molecule has 98 valence electrons. The summed E-state index contributed by atoms with van der Waals surface area (Å²) < 4.78 is 0. The Bertz CT molecular complexity index is 541. The largest absolute Gasteiger partial charge is 0.345 e. The molecular formula is C15H21ClN2. The number of aromatic amines is 1. The molecule has 2 nitrogen and oxygen atoms in total. The van der Waals surface area contributed by atoms with E-state index in [9.17, 15) is 0 Å². The highest BCUT2D eigenvalue weighted by Gasteiger charge is 2.15. The van der Waals surface area contributed by atoms with E-state index < -0.39 is 0 Å². The zero-order chi connectivity index (χ0) is 13.3. The number of benzene rings is 1. The van der Waals surface area contributed by atoms with Crippen LogP contribution in [0.25, 0.3) is 11.0 Å². The Labute approximate surface area is 114 Å². The smallest absolute Gasteiger partial charge is 0.0932 e. The van der Waals surface area contributed by atoms with Gasteiger partial charge in [0.2, 0.25) is 0 Å². The van der Waals surface area contributed by atoms with E-state index in [1.165, 1.54) is 11.1 Å². The molecule has 1 N–H and O–H groups in total. The highest BCUT2D eigenvalue weighted by atomic mass is 35.5. The fourth-order valence-electron chi connectivity index (χ4n) is 2.37. The van der Waals surface area contributed by atoms with Crippen LogP contribution in [0.3, 0.4) is 0 Å². The van der Waals surface area contributed by atoms with Crippen molar-refractivity contribution in [2.75, 3.05) is 0 Å². The quantitative estimate of drug-likeness (QED) is 0.858. The molecule has 0 bridgehead atoms. The summed E-state index contributed by atoms with van der Waals surface area (Å²) in [6.07, 6.45) is 3.75. The summed E-state index contributed by atoms with van der Waals surface area (Å²) in [5.74, 6) is 1.19. The van der Waals surface area contributed by atoms with Crippen LogP contribution in [0.15, 0.2) is 12.4 Å². The Morgan fingerprint density at radius 3 is 2.44 bits per heavy atom. The summed E-state index contributed by atoms with van der Waals surface area (Å²) in [7, 11) is 0. The van der Waals surface area contributed by atoms with E-state index in [1.807, 2.05) is 0 Å². The number of fused-ring (bicyclic) bond motifs is 1. The first-order chi connectivity index (χ1) is 8.49. The van der Waals surface area contributed by atoms with Crippen molar-refractivity contribution in [3.05, 3.63) is 28.5 Å². The van der Waals surface area contributed by atoms with Crippen LogP contribution >= 0.6 is 11.6 Å². The molecule has 0 aliphatic heterocycles. The van der Waals surface area contributed by atoms with Gasteiger partial charge in [-0.3, -0.25) is 0 Å². The molecule has 2 rings (SSSR count).